The molecular formula is C18H22ClN2O4+. The Bertz CT molecular complexity index is 720. The van der Waals surface area contributed by atoms with Crippen LogP contribution in [-0.2, 0) is 19.1 Å². The number of quaternary nitrogens is 1. The molecule has 7 heteroatoms. The maximum absolute atomic E-state index is 12.9. The number of amides is 2. The van der Waals surface area contributed by atoms with Crippen LogP contribution in [0.3, 0.4) is 0 Å². The molecule has 0 radical (unpaired) electrons. The summed E-state index contributed by atoms with van der Waals surface area (Å²) in [6, 6.07) is 6.84. The molecule has 6 nitrogen and oxygen atoms in total. The third-order valence-corrected chi connectivity index (χ3v) is 5.54. The Labute approximate surface area is 151 Å². The number of ether oxygens (including phenoxy) is 1. The van der Waals surface area contributed by atoms with Crippen LogP contribution < -0.4 is 5.32 Å². The molecule has 2 saturated heterocycles. The largest absolute Gasteiger partial charge is 0.461 e. The van der Waals surface area contributed by atoms with Gasteiger partial charge in [0.15, 0.2) is 0 Å². The fourth-order valence-corrected chi connectivity index (χ4v) is 4.23. The molecule has 134 valence electrons. The van der Waals surface area contributed by atoms with Crippen molar-refractivity contribution >= 4 is 29.4 Å². The molecule has 4 atom stereocenters. The number of nitrogens with zero attached hydrogens (tertiary/aromatic N) is 1. The summed E-state index contributed by atoms with van der Waals surface area (Å²) < 4.78 is 5.22. The van der Waals surface area contributed by atoms with Crippen molar-refractivity contribution in [2.75, 3.05) is 13.2 Å². The summed E-state index contributed by atoms with van der Waals surface area (Å²) in [6.07, 6.45) is 0. The molecule has 1 aromatic carbocycles. The average Bonchev–Trinajstić information content (AvgIpc) is 3.03. The van der Waals surface area contributed by atoms with Gasteiger partial charge in [0.1, 0.15) is 17.9 Å². The number of nitrogens with two attached hydrogens (primary N) is 1. The predicted octanol–water partition coefficient (Wildman–Crippen LogP) is 0.901. The fraction of sp³-hybridized carbons (Fsp3) is 0.500. The van der Waals surface area contributed by atoms with Gasteiger partial charge in [0.25, 0.3) is 0 Å². The maximum atomic E-state index is 12.9. The maximum Gasteiger partial charge on any atom is 0.368 e. The minimum absolute atomic E-state index is 0.221. The SMILES string of the molecule is CCOC(=O)[C@]1(C)[NH2+][C@@H](c2ccc(Cl)cc2)[C@@H]2C(=O)N(CC)C(=O)[C@H]21. The zero-order chi connectivity index (χ0) is 18.4. The first-order valence-electron chi connectivity index (χ1n) is 8.49. The highest BCUT2D eigenvalue weighted by atomic mass is 35.5. The second-order valence-electron chi connectivity index (χ2n) is 6.67. The first-order chi connectivity index (χ1) is 11.8. The van der Waals surface area contributed by atoms with E-state index in [0.717, 1.165) is 5.56 Å². The van der Waals surface area contributed by atoms with Gasteiger partial charge in [-0.2, -0.15) is 0 Å². The lowest BCUT2D eigenvalue weighted by Crippen LogP contribution is -2.97. The summed E-state index contributed by atoms with van der Waals surface area (Å²) in [7, 11) is 0. The van der Waals surface area contributed by atoms with E-state index in [1.807, 2.05) is 17.4 Å². The van der Waals surface area contributed by atoms with Gasteiger partial charge in [-0.15, -0.1) is 0 Å². The Morgan fingerprint density at radius 2 is 1.88 bits per heavy atom. The van der Waals surface area contributed by atoms with Gasteiger partial charge in [-0.05, 0) is 26.0 Å². The molecule has 0 aliphatic carbocycles. The Morgan fingerprint density at radius 1 is 1.24 bits per heavy atom. The zero-order valence-electron chi connectivity index (χ0n) is 14.5. The highest BCUT2D eigenvalue weighted by Gasteiger charge is 2.70. The molecule has 2 aliphatic rings. The number of rotatable bonds is 4. The average molecular weight is 366 g/mol. The second-order valence-corrected chi connectivity index (χ2v) is 7.11. The summed E-state index contributed by atoms with van der Waals surface area (Å²) in [5.41, 5.74) is -0.256. The van der Waals surface area contributed by atoms with Gasteiger partial charge in [0.2, 0.25) is 17.4 Å². The molecule has 0 bridgehead atoms. The number of imide groups is 1. The van der Waals surface area contributed by atoms with Gasteiger partial charge in [0, 0.05) is 24.1 Å². The number of benzene rings is 1. The van der Waals surface area contributed by atoms with Crippen LogP contribution >= 0.6 is 11.6 Å². The van der Waals surface area contributed by atoms with Crippen LogP contribution in [0.4, 0.5) is 0 Å². The minimum atomic E-state index is -1.12. The van der Waals surface area contributed by atoms with E-state index in [4.69, 9.17) is 16.3 Å². The molecule has 2 amide bonds. The summed E-state index contributed by atoms with van der Waals surface area (Å²) in [5.74, 6) is -2.27. The van der Waals surface area contributed by atoms with Crippen LogP contribution in [0.25, 0.3) is 0 Å². The molecule has 0 spiro atoms. The van der Waals surface area contributed by atoms with Crippen molar-refractivity contribution in [3.8, 4) is 0 Å². The second kappa shape index (κ2) is 6.42. The van der Waals surface area contributed by atoms with E-state index >= 15 is 0 Å². The number of halogens is 1. The van der Waals surface area contributed by atoms with Crippen LogP contribution in [0.5, 0.6) is 0 Å². The Balaban J connectivity index is 2.07. The van der Waals surface area contributed by atoms with Crippen molar-refractivity contribution in [1.29, 1.82) is 0 Å². The number of hydrogen-bond donors (Lipinski definition) is 1. The summed E-state index contributed by atoms with van der Waals surface area (Å²) >= 11 is 5.96. The molecule has 2 heterocycles. The van der Waals surface area contributed by atoms with Crippen LogP contribution in [-0.4, -0.2) is 41.4 Å². The highest BCUT2D eigenvalue weighted by molar-refractivity contribution is 6.30. The summed E-state index contributed by atoms with van der Waals surface area (Å²) in [4.78, 5) is 39.6. The normalized spacial score (nSPS) is 31.4. The first kappa shape index (κ1) is 17.9. The van der Waals surface area contributed by atoms with Crippen molar-refractivity contribution in [3.63, 3.8) is 0 Å². The van der Waals surface area contributed by atoms with E-state index in [2.05, 4.69) is 0 Å². The van der Waals surface area contributed by atoms with E-state index in [9.17, 15) is 14.4 Å². The molecule has 0 saturated carbocycles. The molecule has 2 aliphatic heterocycles. The lowest BCUT2D eigenvalue weighted by Gasteiger charge is -2.25. The molecule has 0 aromatic heterocycles. The van der Waals surface area contributed by atoms with Crippen LogP contribution in [0.15, 0.2) is 24.3 Å². The minimum Gasteiger partial charge on any atom is -0.461 e. The molecule has 1 aromatic rings. The number of fused-ring (bicyclic) bond motifs is 1. The van der Waals surface area contributed by atoms with Crippen LogP contribution in [0, 0.1) is 11.8 Å². The van der Waals surface area contributed by atoms with E-state index in [0.29, 0.717) is 11.6 Å². The van der Waals surface area contributed by atoms with E-state index in [-0.39, 0.29) is 24.5 Å². The van der Waals surface area contributed by atoms with Crippen molar-refractivity contribution in [1.82, 2.24) is 4.90 Å². The topological polar surface area (TPSA) is 80.3 Å². The Morgan fingerprint density at radius 3 is 2.44 bits per heavy atom. The van der Waals surface area contributed by atoms with E-state index in [1.54, 1.807) is 32.9 Å². The number of esters is 1. The van der Waals surface area contributed by atoms with Gasteiger partial charge < -0.3 is 10.1 Å². The van der Waals surface area contributed by atoms with Crippen LogP contribution in [0.1, 0.15) is 32.4 Å². The molecular weight excluding hydrogens is 344 g/mol. The quantitative estimate of drug-likeness (QED) is 0.635. The van der Waals surface area contributed by atoms with Gasteiger partial charge >= 0.3 is 5.97 Å². The highest BCUT2D eigenvalue weighted by Crippen LogP contribution is 2.44. The Hall–Kier alpha value is -1.92. The van der Waals surface area contributed by atoms with Crippen molar-refractivity contribution in [2.45, 2.75) is 32.4 Å². The monoisotopic (exact) mass is 365 g/mol. The molecule has 2 N–H and O–H groups in total. The van der Waals surface area contributed by atoms with Gasteiger partial charge in [-0.25, -0.2) is 4.79 Å². The van der Waals surface area contributed by atoms with Gasteiger partial charge in [0.05, 0.1) is 6.61 Å². The number of likely N-dealkylation sites (tertiary alicyclic amines) is 1. The smallest absolute Gasteiger partial charge is 0.368 e. The predicted molar refractivity (Wildman–Crippen MR) is 90.5 cm³/mol. The lowest BCUT2D eigenvalue weighted by atomic mass is 9.80. The van der Waals surface area contributed by atoms with E-state index in [1.165, 1.54) is 4.90 Å². The van der Waals surface area contributed by atoms with E-state index < -0.39 is 23.3 Å². The fourth-order valence-electron chi connectivity index (χ4n) is 4.11. The Kier molecular flexibility index (Phi) is 4.60. The van der Waals surface area contributed by atoms with Crippen LogP contribution in [0.2, 0.25) is 5.02 Å². The number of carbonyl (C=O) groups excluding carboxylic acids is 3. The molecule has 25 heavy (non-hydrogen) atoms. The molecule has 2 fully saturated rings. The number of carbonyl (C=O) groups is 3. The summed E-state index contributed by atoms with van der Waals surface area (Å²) in [5, 5.41) is 2.40. The van der Waals surface area contributed by atoms with Crippen molar-refractivity contribution in [2.24, 2.45) is 11.8 Å². The molecule has 3 rings (SSSR count). The van der Waals surface area contributed by atoms with Crippen molar-refractivity contribution in [3.05, 3.63) is 34.9 Å². The standard InChI is InChI=1S/C18H21ClN2O4/c1-4-21-15(22)12-13(16(21)23)18(3,17(24)25-5-2)20-14(12)10-6-8-11(19)9-7-10/h6-9,12-14,20H,4-5H2,1-3H3/p+1/t12-,13+,14+,18-/m1/s1. The van der Waals surface area contributed by atoms with Gasteiger partial charge in [-0.1, -0.05) is 23.7 Å². The lowest BCUT2D eigenvalue weighted by molar-refractivity contribution is -0.731. The van der Waals surface area contributed by atoms with Gasteiger partial charge in [-0.3, -0.25) is 14.5 Å². The summed E-state index contributed by atoms with van der Waals surface area (Å²) in [6.45, 7) is 5.72. The third kappa shape index (κ3) is 2.64. The zero-order valence-corrected chi connectivity index (χ0v) is 15.2. The first-order valence-corrected chi connectivity index (χ1v) is 8.86. The molecule has 0 unspecified atom stereocenters. The number of hydrogen-bond acceptors (Lipinski definition) is 4. The third-order valence-electron chi connectivity index (χ3n) is 5.29. The van der Waals surface area contributed by atoms with Crippen molar-refractivity contribution < 1.29 is 24.4 Å².